The van der Waals surface area contributed by atoms with E-state index in [9.17, 15) is 4.79 Å². The van der Waals surface area contributed by atoms with E-state index in [0.717, 1.165) is 5.75 Å². The quantitative estimate of drug-likeness (QED) is 0.878. The second-order valence-corrected chi connectivity index (χ2v) is 4.50. The van der Waals surface area contributed by atoms with Crippen LogP contribution in [0.3, 0.4) is 0 Å². The summed E-state index contributed by atoms with van der Waals surface area (Å²) >= 11 is 0. The van der Waals surface area contributed by atoms with Gasteiger partial charge in [0.15, 0.2) is 0 Å². The highest BCUT2D eigenvalue weighted by molar-refractivity contribution is 5.94. The monoisotopic (exact) mass is 271 g/mol. The van der Waals surface area contributed by atoms with Crippen molar-refractivity contribution < 1.29 is 14.6 Å². The van der Waals surface area contributed by atoms with Crippen molar-refractivity contribution in [2.75, 3.05) is 6.61 Å². The van der Waals surface area contributed by atoms with Gasteiger partial charge in [-0.25, -0.2) is 0 Å². The summed E-state index contributed by atoms with van der Waals surface area (Å²) in [5.74, 6) is 1.21. The van der Waals surface area contributed by atoms with E-state index >= 15 is 0 Å². The van der Waals surface area contributed by atoms with E-state index in [1.54, 1.807) is 31.2 Å². The number of aliphatic hydroxyl groups excluding tert-OH is 1. The summed E-state index contributed by atoms with van der Waals surface area (Å²) in [6, 6.07) is 16.0. The number of carbonyl (C=O) groups excluding carboxylic acids is 1. The molecule has 0 fully saturated rings. The first-order valence-corrected chi connectivity index (χ1v) is 6.43. The molecule has 0 unspecified atom stereocenters. The van der Waals surface area contributed by atoms with E-state index in [1.807, 2.05) is 30.3 Å². The van der Waals surface area contributed by atoms with Crippen LogP contribution in [-0.4, -0.2) is 23.7 Å². The van der Waals surface area contributed by atoms with Gasteiger partial charge in [0.2, 0.25) is 0 Å². The molecule has 0 heterocycles. The first-order chi connectivity index (χ1) is 9.69. The van der Waals surface area contributed by atoms with Crippen LogP contribution in [0.1, 0.15) is 17.3 Å². The predicted octanol–water partition coefficient (Wildman–Crippen LogP) is 2.59. The van der Waals surface area contributed by atoms with Gasteiger partial charge in [-0.05, 0) is 43.3 Å². The zero-order chi connectivity index (χ0) is 14.4. The minimum atomic E-state index is -0.261. The van der Waals surface area contributed by atoms with Gasteiger partial charge in [-0.1, -0.05) is 18.2 Å². The van der Waals surface area contributed by atoms with Gasteiger partial charge in [0.05, 0.1) is 6.61 Å². The molecular weight excluding hydrogens is 254 g/mol. The maximum absolute atomic E-state index is 11.8. The molecule has 4 nitrogen and oxygen atoms in total. The highest BCUT2D eigenvalue weighted by Crippen LogP contribution is 2.21. The molecule has 0 aromatic heterocycles. The molecule has 20 heavy (non-hydrogen) atoms. The summed E-state index contributed by atoms with van der Waals surface area (Å²) in [5.41, 5.74) is 0.533. The van der Waals surface area contributed by atoms with E-state index in [2.05, 4.69) is 5.32 Å². The lowest BCUT2D eigenvalue weighted by molar-refractivity contribution is 0.0922. The molecule has 0 saturated heterocycles. The third-order valence-corrected chi connectivity index (χ3v) is 2.75. The zero-order valence-electron chi connectivity index (χ0n) is 11.2. The smallest absolute Gasteiger partial charge is 0.251 e. The van der Waals surface area contributed by atoms with Gasteiger partial charge in [0, 0.05) is 11.6 Å². The third-order valence-electron chi connectivity index (χ3n) is 2.75. The van der Waals surface area contributed by atoms with Crippen LogP contribution in [0.15, 0.2) is 54.6 Å². The zero-order valence-corrected chi connectivity index (χ0v) is 11.2. The van der Waals surface area contributed by atoms with Gasteiger partial charge in [0.25, 0.3) is 5.91 Å². The van der Waals surface area contributed by atoms with Crippen molar-refractivity contribution in [2.24, 2.45) is 0 Å². The van der Waals surface area contributed by atoms with Crippen LogP contribution in [-0.2, 0) is 0 Å². The Morgan fingerprint density at radius 2 is 1.70 bits per heavy atom. The number of nitrogens with one attached hydrogen (secondary N) is 1. The summed E-state index contributed by atoms with van der Waals surface area (Å²) in [6.45, 7) is 1.66. The second-order valence-electron chi connectivity index (χ2n) is 4.50. The predicted molar refractivity (Wildman–Crippen MR) is 77.0 cm³/mol. The molecule has 0 bridgehead atoms. The Balaban J connectivity index is 2.01. The van der Waals surface area contributed by atoms with Crippen molar-refractivity contribution in [3.8, 4) is 11.5 Å². The molecule has 2 aromatic rings. The van der Waals surface area contributed by atoms with E-state index < -0.39 is 0 Å². The Hall–Kier alpha value is -2.33. The van der Waals surface area contributed by atoms with Gasteiger partial charge < -0.3 is 15.2 Å². The fourth-order valence-corrected chi connectivity index (χ4v) is 1.65. The summed E-state index contributed by atoms with van der Waals surface area (Å²) in [6.07, 6.45) is 0. The molecule has 1 atom stereocenters. The molecule has 1 amide bonds. The van der Waals surface area contributed by atoms with Crippen molar-refractivity contribution in [3.63, 3.8) is 0 Å². The number of aliphatic hydroxyl groups is 1. The van der Waals surface area contributed by atoms with Crippen molar-refractivity contribution in [1.29, 1.82) is 0 Å². The SMILES string of the molecule is C[C@H](CO)NC(=O)c1ccc(Oc2ccccc2)cc1. The number of carbonyl (C=O) groups is 1. The number of hydrogen-bond acceptors (Lipinski definition) is 3. The van der Waals surface area contributed by atoms with Crippen LogP contribution < -0.4 is 10.1 Å². The van der Waals surface area contributed by atoms with Gasteiger partial charge >= 0.3 is 0 Å². The van der Waals surface area contributed by atoms with Crippen molar-refractivity contribution in [2.45, 2.75) is 13.0 Å². The number of para-hydroxylation sites is 1. The lowest BCUT2D eigenvalue weighted by atomic mass is 10.2. The molecule has 2 aromatic carbocycles. The standard InChI is InChI=1S/C16H17NO3/c1-12(11-18)17-16(19)13-7-9-15(10-8-13)20-14-5-3-2-4-6-14/h2-10,12,18H,11H2,1H3,(H,17,19)/t12-/m1/s1. The molecule has 0 radical (unpaired) electrons. The Kier molecular flexibility index (Phi) is 4.74. The van der Waals surface area contributed by atoms with Gasteiger partial charge in [-0.3, -0.25) is 4.79 Å². The maximum atomic E-state index is 11.8. The average molecular weight is 271 g/mol. The van der Waals surface area contributed by atoms with Crippen LogP contribution in [0.4, 0.5) is 0 Å². The number of hydrogen-bond donors (Lipinski definition) is 2. The van der Waals surface area contributed by atoms with E-state index in [1.165, 1.54) is 0 Å². The van der Waals surface area contributed by atoms with Crippen LogP contribution in [0.25, 0.3) is 0 Å². The Bertz CT molecular complexity index is 552. The molecule has 0 aliphatic heterocycles. The molecule has 2 rings (SSSR count). The van der Waals surface area contributed by atoms with E-state index in [4.69, 9.17) is 9.84 Å². The van der Waals surface area contributed by atoms with Gasteiger partial charge in [-0.15, -0.1) is 0 Å². The van der Waals surface area contributed by atoms with Crippen LogP contribution in [0, 0.1) is 0 Å². The minimum Gasteiger partial charge on any atom is -0.457 e. The fraction of sp³-hybridized carbons (Fsp3) is 0.188. The first kappa shape index (κ1) is 14.1. The average Bonchev–Trinajstić information content (AvgIpc) is 2.49. The Morgan fingerprint density at radius 1 is 1.10 bits per heavy atom. The van der Waals surface area contributed by atoms with Crippen molar-refractivity contribution in [3.05, 3.63) is 60.2 Å². The molecule has 0 saturated carbocycles. The van der Waals surface area contributed by atoms with E-state index in [-0.39, 0.29) is 18.6 Å². The molecule has 2 N–H and O–H groups in total. The normalized spacial score (nSPS) is 11.7. The van der Waals surface area contributed by atoms with Gasteiger partial charge in [0.1, 0.15) is 11.5 Å². The lowest BCUT2D eigenvalue weighted by Gasteiger charge is -2.11. The molecule has 4 heteroatoms. The van der Waals surface area contributed by atoms with Crippen LogP contribution >= 0.6 is 0 Å². The maximum Gasteiger partial charge on any atom is 0.251 e. The molecule has 0 spiro atoms. The first-order valence-electron chi connectivity index (χ1n) is 6.43. The second kappa shape index (κ2) is 6.73. The van der Waals surface area contributed by atoms with Crippen LogP contribution in [0.5, 0.6) is 11.5 Å². The summed E-state index contributed by atoms with van der Waals surface area (Å²) in [5, 5.41) is 11.6. The topological polar surface area (TPSA) is 58.6 Å². The summed E-state index contributed by atoms with van der Waals surface area (Å²) < 4.78 is 5.64. The molecular formula is C16H17NO3. The number of amides is 1. The highest BCUT2D eigenvalue weighted by Gasteiger charge is 2.08. The Labute approximate surface area is 118 Å². The molecule has 104 valence electrons. The van der Waals surface area contributed by atoms with E-state index in [0.29, 0.717) is 11.3 Å². The number of rotatable bonds is 5. The Morgan fingerprint density at radius 3 is 2.30 bits per heavy atom. The summed E-state index contributed by atoms with van der Waals surface area (Å²) in [4.78, 5) is 11.8. The fourth-order valence-electron chi connectivity index (χ4n) is 1.65. The molecule has 0 aliphatic carbocycles. The highest BCUT2D eigenvalue weighted by atomic mass is 16.5. The number of benzene rings is 2. The summed E-state index contributed by atoms with van der Waals surface area (Å²) in [7, 11) is 0. The molecule has 0 aliphatic rings. The van der Waals surface area contributed by atoms with Crippen molar-refractivity contribution >= 4 is 5.91 Å². The third kappa shape index (κ3) is 3.83. The lowest BCUT2D eigenvalue weighted by Crippen LogP contribution is -2.34. The minimum absolute atomic E-state index is 0.0824. The van der Waals surface area contributed by atoms with Crippen LogP contribution in [0.2, 0.25) is 0 Å². The largest absolute Gasteiger partial charge is 0.457 e. The van der Waals surface area contributed by atoms with Gasteiger partial charge in [-0.2, -0.15) is 0 Å². The number of ether oxygens (including phenoxy) is 1. The van der Waals surface area contributed by atoms with Crippen molar-refractivity contribution in [1.82, 2.24) is 5.32 Å².